The molecular formula is C14H22O. The highest BCUT2D eigenvalue weighted by Crippen LogP contribution is 2.36. The minimum atomic E-state index is -0.393. The average molecular weight is 206 g/mol. The van der Waals surface area contributed by atoms with Crippen molar-refractivity contribution in [2.75, 3.05) is 0 Å². The molecule has 0 saturated carbocycles. The zero-order valence-electron chi connectivity index (χ0n) is 10.4. The molecule has 0 aliphatic carbocycles. The summed E-state index contributed by atoms with van der Waals surface area (Å²) >= 11 is 0. The van der Waals surface area contributed by atoms with E-state index in [1.165, 1.54) is 5.56 Å². The van der Waals surface area contributed by atoms with Crippen molar-refractivity contribution in [2.24, 2.45) is 5.41 Å². The molecule has 0 aliphatic heterocycles. The Morgan fingerprint density at radius 1 is 1.00 bits per heavy atom. The molecular weight excluding hydrogens is 184 g/mol. The highest BCUT2D eigenvalue weighted by atomic mass is 16.3. The first-order valence-electron chi connectivity index (χ1n) is 5.61. The van der Waals surface area contributed by atoms with Crippen LogP contribution in [0.4, 0.5) is 0 Å². The Labute approximate surface area is 93.1 Å². The van der Waals surface area contributed by atoms with Gasteiger partial charge in [0.2, 0.25) is 0 Å². The first-order valence-corrected chi connectivity index (χ1v) is 5.61. The van der Waals surface area contributed by atoms with Gasteiger partial charge in [-0.3, -0.25) is 0 Å². The van der Waals surface area contributed by atoms with E-state index < -0.39 is 6.10 Å². The summed E-state index contributed by atoms with van der Waals surface area (Å²) in [6.45, 7) is 10.5. The first-order chi connectivity index (χ1) is 6.84. The van der Waals surface area contributed by atoms with Crippen molar-refractivity contribution in [2.45, 2.75) is 46.6 Å². The molecule has 1 nitrogen and oxygen atoms in total. The molecule has 0 fully saturated rings. The molecule has 1 unspecified atom stereocenters. The van der Waals surface area contributed by atoms with Gasteiger partial charge in [0, 0.05) is 0 Å². The Hall–Kier alpha value is -0.820. The summed E-state index contributed by atoms with van der Waals surface area (Å²) < 4.78 is 0. The lowest BCUT2D eigenvalue weighted by atomic mass is 9.81. The summed E-state index contributed by atoms with van der Waals surface area (Å²) in [6, 6.07) is 8.17. The molecule has 0 radical (unpaired) electrons. The largest absolute Gasteiger partial charge is 0.388 e. The van der Waals surface area contributed by atoms with E-state index in [2.05, 4.69) is 40.7 Å². The van der Waals surface area contributed by atoms with Gasteiger partial charge in [0.15, 0.2) is 0 Å². The monoisotopic (exact) mass is 206 g/mol. The number of rotatable bonds is 2. The second-order valence-corrected chi connectivity index (χ2v) is 5.55. The predicted molar refractivity (Wildman–Crippen MR) is 64.9 cm³/mol. The van der Waals surface area contributed by atoms with Gasteiger partial charge in [-0.15, -0.1) is 0 Å². The Kier molecular flexibility index (Phi) is 3.56. The Morgan fingerprint density at radius 2 is 1.47 bits per heavy atom. The molecule has 1 rings (SSSR count). The Balaban J connectivity index is 3.14. The van der Waals surface area contributed by atoms with Gasteiger partial charge >= 0.3 is 0 Å². The van der Waals surface area contributed by atoms with Crippen molar-refractivity contribution >= 4 is 0 Å². The second kappa shape index (κ2) is 4.36. The van der Waals surface area contributed by atoms with E-state index in [9.17, 15) is 5.11 Å². The summed E-state index contributed by atoms with van der Waals surface area (Å²) in [5.74, 6) is 0.457. The van der Waals surface area contributed by atoms with Crippen molar-refractivity contribution in [3.05, 3.63) is 35.4 Å². The lowest BCUT2D eigenvalue weighted by Crippen LogP contribution is -2.19. The van der Waals surface area contributed by atoms with Crippen LogP contribution in [0.15, 0.2) is 24.3 Å². The molecule has 0 aliphatic rings. The molecule has 1 atom stereocenters. The maximum atomic E-state index is 10.3. The third kappa shape index (κ3) is 2.82. The normalized spacial score (nSPS) is 14.3. The fourth-order valence-corrected chi connectivity index (χ4v) is 1.75. The third-order valence-electron chi connectivity index (χ3n) is 2.73. The molecule has 0 saturated heterocycles. The number of aliphatic hydroxyl groups excluding tert-OH is 1. The van der Waals surface area contributed by atoms with Gasteiger partial charge in [-0.2, -0.15) is 0 Å². The van der Waals surface area contributed by atoms with E-state index in [4.69, 9.17) is 0 Å². The number of benzene rings is 1. The molecule has 84 valence electrons. The van der Waals surface area contributed by atoms with Crippen molar-refractivity contribution in [1.82, 2.24) is 0 Å². The number of hydrogen-bond donors (Lipinski definition) is 1. The van der Waals surface area contributed by atoms with Crippen LogP contribution in [0.2, 0.25) is 0 Å². The minimum absolute atomic E-state index is 0.106. The fraction of sp³-hybridized carbons (Fsp3) is 0.571. The summed E-state index contributed by atoms with van der Waals surface area (Å²) in [5.41, 5.74) is 2.21. The van der Waals surface area contributed by atoms with E-state index >= 15 is 0 Å². The summed E-state index contributed by atoms with van der Waals surface area (Å²) in [4.78, 5) is 0. The van der Waals surface area contributed by atoms with Crippen LogP contribution in [-0.2, 0) is 0 Å². The predicted octanol–water partition coefficient (Wildman–Crippen LogP) is 3.89. The number of hydrogen-bond acceptors (Lipinski definition) is 1. The molecule has 1 heteroatoms. The second-order valence-electron chi connectivity index (χ2n) is 5.55. The van der Waals surface area contributed by atoms with Gasteiger partial charge < -0.3 is 5.11 Å². The summed E-state index contributed by atoms with van der Waals surface area (Å²) in [6.07, 6.45) is -0.393. The van der Waals surface area contributed by atoms with Gasteiger partial charge in [0.05, 0.1) is 6.10 Å². The van der Waals surface area contributed by atoms with Gasteiger partial charge in [-0.1, -0.05) is 58.9 Å². The topological polar surface area (TPSA) is 20.2 Å². The van der Waals surface area contributed by atoms with Crippen LogP contribution in [0.3, 0.4) is 0 Å². The maximum absolute atomic E-state index is 10.3. The minimum Gasteiger partial charge on any atom is -0.388 e. The molecule has 0 bridgehead atoms. The quantitative estimate of drug-likeness (QED) is 0.778. The van der Waals surface area contributed by atoms with Gasteiger partial charge in [0.1, 0.15) is 0 Å². The van der Waals surface area contributed by atoms with Gasteiger partial charge in [0.25, 0.3) is 0 Å². The van der Waals surface area contributed by atoms with Crippen molar-refractivity contribution < 1.29 is 5.11 Å². The highest BCUT2D eigenvalue weighted by molar-refractivity contribution is 5.32. The van der Waals surface area contributed by atoms with Gasteiger partial charge in [-0.25, -0.2) is 0 Å². The summed E-state index contributed by atoms with van der Waals surface area (Å²) in [5, 5.41) is 10.3. The SMILES string of the molecule is CC(C)c1ccccc1C(O)C(C)(C)C. The van der Waals surface area contributed by atoms with Gasteiger partial charge in [-0.05, 0) is 22.5 Å². The van der Waals surface area contributed by atoms with E-state index in [1.807, 2.05) is 18.2 Å². The molecule has 15 heavy (non-hydrogen) atoms. The lowest BCUT2D eigenvalue weighted by Gasteiger charge is -2.28. The molecule has 0 heterocycles. The zero-order valence-corrected chi connectivity index (χ0v) is 10.4. The zero-order chi connectivity index (χ0) is 11.6. The maximum Gasteiger partial charge on any atom is 0.0841 e. The first kappa shape index (κ1) is 12.3. The average Bonchev–Trinajstić information content (AvgIpc) is 2.15. The highest BCUT2D eigenvalue weighted by Gasteiger charge is 2.26. The van der Waals surface area contributed by atoms with Crippen molar-refractivity contribution in [3.8, 4) is 0 Å². The molecule has 1 aromatic carbocycles. The fourth-order valence-electron chi connectivity index (χ4n) is 1.75. The van der Waals surface area contributed by atoms with Crippen LogP contribution < -0.4 is 0 Å². The van der Waals surface area contributed by atoms with Crippen LogP contribution >= 0.6 is 0 Å². The van der Waals surface area contributed by atoms with E-state index in [-0.39, 0.29) is 5.41 Å². The van der Waals surface area contributed by atoms with Crippen LogP contribution in [-0.4, -0.2) is 5.11 Å². The van der Waals surface area contributed by atoms with E-state index in [0.717, 1.165) is 5.56 Å². The molecule has 0 spiro atoms. The Morgan fingerprint density at radius 3 is 1.87 bits per heavy atom. The Bertz CT molecular complexity index is 320. The van der Waals surface area contributed by atoms with E-state index in [0.29, 0.717) is 5.92 Å². The number of aliphatic hydroxyl groups is 1. The lowest BCUT2D eigenvalue weighted by molar-refractivity contribution is 0.0617. The molecule has 0 aromatic heterocycles. The standard InChI is InChI=1S/C14H22O/c1-10(2)11-8-6-7-9-12(11)13(15)14(3,4)5/h6-10,13,15H,1-5H3. The molecule has 1 aromatic rings. The third-order valence-corrected chi connectivity index (χ3v) is 2.73. The van der Waals surface area contributed by atoms with E-state index in [1.54, 1.807) is 0 Å². The van der Waals surface area contributed by atoms with Crippen molar-refractivity contribution in [3.63, 3.8) is 0 Å². The van der Waals surface area contributed by atoms with Crippen LogP contribution in [0.25, 0.3) is 0 Å². The smallest absolute Gasteiger partial charge is 0.0841 e. The summed E-state index contributed by atoms with van der Waals surface area (Å²) in [7, 11) is 0. The molecule has 0 amide bonds. The van der Waals surface area contributed by atoms with Crippen LogP contribution in [0.1, 0.15) is 57.8 Å². The molecule has 1 N–H and O–H groups in total. The van der Waals surface area contributed by atoms with Crippen LogP contribution in [0, 0.1) is 5.41 Å². The van der Waals surface area contributed by atoms with Crippen molar-refractivity contribution in [1.29, 1.82) is 0 Å². The van der Waals surface area contributed by atoms with Crippen LogP contribution in [0.5, 0.6) is 0 Å².